The summed E-state index contributed by atoms with van der Waals surface area (Å²) in [5.41, 5.74) is 0. The van der Waals surface area contributed by atoms with Crippen LogP contribution in [0.15, 0.2) is 24.3 Å². The van der Waals surface area contributed by atoms with Gasteiger partial charge in [-0.15, -0.1) is 0 Å². The molecule has 0 amide bonds. The van der Waals surface area contributed by atoms with Crippen LogP contribution in [0.3, 0.4) is 0 Å². The van der Waals surface area contributed by atoms with Gasteiger partial charge in [0.15, 0.2) is 0 Å². The van der Waals surface area contributed by atoms with Crippen molar-refractivity contribution in [3.05, 3.63) is 24.3 Å². The lowest BCUT2D eigenvalue weighted by Crippen LogP contribution is -2.29. The highest BCUT2D eigenvalue weighted by atomic mass is 16.6. The quantitative estimate of drug-likeness (QED) is 0.424. The van der Waals surface area contributed by atoms with Crippen molar-refractivity contribution >= 4 is 11.9 Å². The van der Waals surface area contributed by atoms with Gasteiger partial charge in [0.2, 0.25) is 0 Å². The third-order valence-corrected chi connectivity index (χ3v) is 2.57. The van der Waals surface area contributed by atoms with Gasteiger partial charge in [-0.2, -0.15) is 0 Å². The van der Waals surface area contributed by atoms with Crippen LogP contribution in [0.4, 0.5) is 0 Å². The molecule has 1 heterocycles. The number of rotatable bonds is 4. The summed E-state index contributed by atoms with van der Waals surface area (Å²) in [6.07, 6.45) is 9.55. The average Bonchev–Trinajstić information content (AvgIpc) is 2.30. The number of carbonyl (C=O) groups excluding carboxylic acids is 2. The molecule has 17 heavy (non-hydrogen) atoms. The Labute approximate surface area is 102 Å². The molecule has 0 spiro atoms. The number of esters is 2. The van der Waals surface area contributed by atoms with E-state index in [2.05, 4.69) is 9.64 Å². The van der Waals surface area contributed by atoms with E-state index in [-0.39, 0.29) is 0 Å². The lowest BCUT2D eigenvalue weighted by Gasteiger charge is -2.24. The van der Waals surface area contributed by atoms with Gasteiger partial charge < -0.3 is 4.74 Å². The highest BCUT2D eigenvalue weighted by molar-refractivity contribution is 5.96. The van der Waals surface area contributed by atoms with Gasteiger partial charge in [0, 0.05) is 18.7 Å². The highest BCUT2D eigenvalue weighted by Gasteiger charge is 2.08. The Balaban J connectivity index is 2.23. The SMILES string of the molecule is CC=CC(=O)OC(=O)C=CCN1CCCCC1. The van der Waals surface area contributed by atoms with E-state index in [0.29, 0.717) is 0 Å². The van der Waals surface area contributed by atoms with Crippen LogP contribution in [-0.2, 0) is 14.3 Å². The molecule has 4 nitrogen and oxygen atoms in total. The predicted molar refractivity (Wildman–Crippen MR) is 65.3 cm³/mol. The second kappa shape index (κ2) is 7.79. The van der Waals surface area contributed by atoms with Crippen molar-refractivity contribution in [3.63, 3.8) is 0 Å². The first kappa shape index (κ1) is 13.6. The normalized spacial score (nSPS) is 17.7. The molecular weight excluding hydrogens is 218 g/mol. The lowest BCUT2D eigenvalue weighted by molar-refractivity contribution is -0.152. The summed E-state index contributed by atoms with van der Waals surface area (Å²) in [4.78, 5) is 24.4. The molecule has 0 radical (unpaired) electrons. The van der Waals surface area contributed by atoms with E-state index in [1.807, 2.05) is 0 Å². The van der Waals surface area contributed by atoms with Gasteiger partial charge in [-0.25, -0.2) is 9.59 Å². The first-order valence-electron chi connectivity index (χ1n) is 5.99. The second-order valence-corrected chi connectivity index (χ2v) is 4.00. The van der Waals surface area contributed by atoms with E-state index in [1.165, 1.54) is 37.5 Å². The van der Waals surface area contributed by atoms with E-state index < -0.39 is 11.9 Å². The molecule has 0 unspecified atom stereocenters. The molecule has 0 bridgehead atoms. The second-order valence-electron chi connectivity index (χ2n) is 4.00. The van der Waals surface area contributed by atoms with E-state index in [9.17, 15) is 9.59 Å². The van der Waals surface area contributed by atoms with Gasteiger partial charge in [-0.3, -0.25) is 4.90 Å². The van der Waals surface area contributed by atoms with Crippen LogP contribution in [0.1, 0.15) is 26.2 Å². The fraction of sp³-hybridized carbons (Fsp3) is 0.538. The maximum atomic E-state index is 11.2. The van der Waals surface area contributed by atoms with Crippen molar-refractivity contribution in [3.8, 4) is 0 Å². The molecule has 4 heteroatoms. The number of nitrogens with zero attached hydrogens (tertiary/aromatic N) is 1. The minimum absolute atomic E-state index is 0.606. The third-order valence-electron chi connectivity index (χ3n) is 2.57. The fourth-order valence-electron chi connectivity index (χ4n) is 1.74. The minimum atomic E-state index is -0.625. The zero-order valence-electron chi connectivity index (χ0n) is 10.2. The summed E-state index contributed by atoms with van der Waals surface area (Å²) in [6.45, 7) is 4.60. The van der Waals surface area contributed by atoms with Crippen molar-refractivity contribution in [2.24, 2.45) is 0 Å². The van der Waals surface area contributed by atoms with E-state index >= 15 is 0 Å². The molecule has 1 aliphatic rings. The molecule has 1 rings (SSSR count). The van der Waals surface area contributed by atoms with Crippen molar-refractivity contribution in [1.82, 2.24) is 4.90 Å². The predicted octanol–water partition coefficient (Wildman–Crippen LogP) is 1.67. The van der Waals surface area contributed by atoms with Crippen molar-refractivity contribution in [1.29, 1.82) is 0 Å². The third kappa shape index (κ3) is 6.02. The maximum Gasteiger partial charge on any atom is 0.338 e. The number of carbonyl (C=O) groups is 2. The first-order chi connectivity index (χ1) is 8.22. The molecule has 0 aromatic rings. The number of ether oxygens (including phenoxy) is 1. The van der Waals surface area contributed by atoms with Gasteiger partial charge in [0.05, 0.1) is 0 Å². The first-order valence-corrected chi connectivity index (χ1v) is 5.99. The Hall–Kier alpha value is -1.42. The van der Waals surface area contributed by atoms with E-state index in [4.69, 9.17) is 0 Å². The molecule has 1 aliphatic heterocycles. The number of piperidine rings is 1. The molecular formula is C13H19NO3. The topological polar surface area (TPSA) is 46.6 Å². The Kier molecular flexibility index (Phi) is 6.25. The number of likely N-dealkylation sites (tertiary alicyclic amines) is 1. The standard InChI is InChI=1S/C13H19NO3/c1-2-7-12(15)17-13(16)8-6-11-14-9-4-3-5-10-14/h2,6-8H,3-5,9-11H2,1H3. The number of hydrogen-bond acceptors (Lipinski definition) is 4. The molecule has 0 aliphatic carbocycles. The monoisotopic (exact) mass is 237 g/mol. The molecule has 1 fully saturated rings. The van der Waals surface area contributed by atoms with Crippen molar-refractivity contribution in [2.45, 2.75) is 26.2 Å². The molecule has 0 N–H and O–H groups in total. The van der Waals surface area contributed by atoms with Crippen LogP contribution in [0.25, 0.3) is 0 Å². The Bertz CT molecular complexity index is 315. The van der Waals surface area contributed by atoms with Gasteiger partial charge in [-0.1, -0.05) is 18.6 Å². The molecule has 1 saturated heterocycles. The molecule has 0 aromatic heterocycles. The average molecular weight is 237 g/mol. The van der Waals surface area contributed by atoms with Gasteiger partial charge in [0.1, 0.15) is 0 Å². The summed E-state index contributed by atoms with van der Waals surface area (Å²) in [7, 11) is 0. The van der Waals surface area contributed by atoms with Crippen LogP contribution in [0.2, 0.25) is 0 Å². The van der Waals surface area contributed by atoms with Crippen molar-refractivity contribution in [2.75, 3.05) is 19.6 Å². The largest absolute Gasteiger partial charge is 0.387 e. The number of allylic oxidation sites excluding steroid dienone is 1. The minimum Gasteiger partial charge on any atom is -0.387 e. The Morgan fingerprint density at radius 1 is 1.12 bits per heavy atom. The summed E-state index contributed by atoms with van der Waals surface area (Å²) >= 11 is 0. The maximum absolute atomic E-state index is 11.2. The van der Waals surface area contributed by atoms with Crippen LogP contribution in [0.5, 0.6) is 0 Å². The Morgan fingerprint density at radius 3 is 2.41 bits per heavy atom. The molecule has 0 atom stereocenters. The zero-order chi connectivity index (χ0) is 12.5. The fourth-order valence-corrected chi connectivity index (χ4v) is 1.74. The summed E-state index contributed by atoms with van der Waals surface area (Å²) < 4.78 is 4.51. The van der Waals surface area contributed by atoms with Crippen LogP contribution >= 0.6 is 0 Å². The molecule has 0 aromatic carbocycles. The summed E-state index contributed by atoms with van der Waals surface area (Å²) in [5.74, 6) is -1.23. The molecule has 94 valence electrons. The van der Waals surface area contributed by atoms with Gasteiger partial charge in [-0.05, 0) is 32.9 Å². The van der Waals surface area contributed by atoms with Gasteiger partial charge in [0.25, 0.3) is 0 Å². The highest BCUT2D eigenvalue weighted by Crippen LogP contribution is 2.07. The van der Waals surface area contributed by atoms with E-state index in [0.717, 1.165) is 19.6 Å². The van der Waals surface area contributed by atoms with Crippen molar-refractivity contribution < 1.29 is 14.3 Å². The smallest absolute Gasteiger partial charge is 0.338 e. The van der Waals surface area contributed by atoms with E-state index in [1.54, 1.807) is 13.0 Å². The van der Waals surface area contributed by atoms with Crippen LogP contribution in [0, 0.1) is 0 Å². The summed E-state index contributed by atoms with van der Waals surface area (Å²) in [6, 6.07) is 0. The molecule has 0 saturated carbocycles. The van der Waals surface area contributed by atoms with Crippen LogP contribution < -0.4 is 0 Å². The Morgan fingerprint density at radius 2 is 1.76 bits per heavy atom. The lowest BCUT2D eigenvalue weighted by atomic mass is 10.1. The zero-order valence-corrected chi connectivity index (χ0v) is 10.2. The van der Waals surface area contributed by atoms with Crippen LogP contribution in [-0.4, -0.2) is 36.5 Å². The van der Waals surface area contributed by atoms with Gasteiger partial charge >= 0.3 is 11.9 Å². The summed E-state index contributed by atoms with van der Waals surface area (Å²) in [5, 5.41) is 0. The number of hydrogen-bond donors (Lipinski definition) is 0.